The summed E-state index contributed by atoms with van der Waals surface area (Å²) in [7, 11) is 0. The molecule has 1 heterocycles. The van der Waals surface area contributed by atoms with Gasteiger partial charge in [-0.05, 0) is 43.7 Å². The van der Waals surface area contributed by atoms with Crippen molar-refractivity contribution in [2.24, 2.45) is 0 Å². The van der Waals surface area contributed by atoms with Gasteiger partial charge in [-0.2, -0.15) is 0 Å². The maximum Gasteiger partial charge on any atom is 0.321 e. The summed E-state index contributed by atoms with van der Waals surface area (Å²) < 4.78 is 5.26. The minimum Gasteiger partial charge on any atom is -0.487 e. The molecule has 3 rings (SSSR count). The van der Waals surface area contributed by atoms with E-state index in [4.69, 9.17) is 16.3 Å². The minimum absolute atomic E-state index is 0.127. The van der Waals surface area contributed by atoms with Crippen molar-refractivity contribution in [3.05, 3.63) is 62.7 Å². The second-order valence-corrected chi connectivity index (χ2v) is 7.45. The SMILES string of the molecule is CCOc1ccc(C(=O)N2CCN(C(=O)Nc3ccc(C)c(Cl)c3)CC2)cc1[N+](=O)[O-]. The van der Waals surface area contributed by atoms with Crippen molar-refractivity contribution in [2.75, 3.05) is 38.1 Å². The van der Waals surface area contributed by atoms with Crippen LogP contribution in [0.3, 0.4) is 0 Å². The number of aryl methyl sites for hydroxylation is 1. The molecule has 0 saturated carbocycles. The van der Waals surface area contributed by atoms with Gasteiger partial charge in [-0.25, -0.2) is 4.79 Å². The largest absolute Gasteiger partial charge is 0.487 e. The van der Waals surface area contributed by atoms with Gasteiger partial charge in [0.1, 0.15) is 0 Å². The number of hydrogen-bond donors (Lipinski definition) is 1. The standard InChI is InChI=1S/C21H23ClN4O5/c1-3-31-19-7-5-15(12-18(19)26(29)30)20(27)24-8-10-25(11-9-24)21(28)23-16-6-4-14(2)17(22)13-16/h4-7,12-13H,3,8-11H2,1-2H3,(H,23,28). The van der Waals surface area contributed by atoms with Crippen molar-refractivity contribution in [2.45, 2.75) is 13.8 Å². The molecular formula is C21H23ClN4O5. The molecule has 3 amide bonds. The first-order valence-electron chi connectivity index (χ1n) is 9.82. The minimum atomic E-state index is -0.568. The number of nitro groups is 1. The summed E-state index contributed by atoms with van der Waals surface area (Å²) in [5.74, 6) is -0.196. The zero-order chi connectivity index (χ0) is 22.5. The number of nitro benzene ring substituents is 1. The fourth-order valence-electron chi connectivity index (χ4n) is 3.24. The van der Waals surface area contributed by atoms with Crippen molar-refractivity contribution < 1.29 is 19.2 Å². The van der Waals surface area contributed by atoms with E-state index in [0.29, 0.717) is 36.9 Å². The summed E-state index contributed by atoms with van der Waals surface area (Å²) >= 11 is 6.09. The monoisotopic (exact) mass is 446 g/mol. The smallest absolute Gasteiger partial charge is 0.321 e. The average Bonchev–Trinajstić information content (AvgIpc) is 2.76. The predicted octanol–water partition coefficient (Wildman–Crippen LogP) is 3.95. The lowest BCUT2D eigenvalue weighted by molar-refractivity contribution is -0.385. The van der Waals surface area contributed by atoms with Crippen LogP contribution in [0, 0.1) is 17.0 Å². The van der Waals surface area contributed by atoms with E-state index in [9.17, 15) is 19.7 Å². The molecule has 31 heavy (non-hydrogen) atoms. The Balaban J connectivity index is 1.61. The molecule has 0 spiro atoms. The molecule has 0 bridgehead atoms. The summed E-state index contributed by atoms with van der Waals surface area (Å²) in [6.07, 6.45) is 0. The van der Waals surface area contributed by atoms with E-state index < -0.39 is 4.92 Å². The summed E-state index contributed by atoms with van der Waals surface area (Å²) in [4.78, 5) is 39.2. The molecule has 0 atom stereocenters. The van der Waals surface area contributed by atoms with Gasteiger partial charge in [0, 0.05) is 48.5 Å². The van der Waals surface area contributed by atoms with Crippen LogP contribution >= 0.6 is 11.6 Å². The summed E-state index contributed by atoms with van der Waals surface area (Å²) in [6.45, 7) is 5.22. The van der Waals surface area contributed by atoms with E-state index in [-0.39, 0.29) is 35.5 Å². The fraction of sp³-hybridized carbons (Fsp3) is 0.333. The fourth-order valence-corrected chi connectivity index (χ4v) is 3.42. The molecule has 0 aromatic heterocycles. The Kier molecular flexibility index (Phi) is 6.96. The Morgan fingerprint density at radius 2 is 1.81 bits per heavy atom. The maximum absolute atomic E-state index is 12.8. The number of carbonyl (C=O) groups excluding carboxylic acids is 2. The molecule has 164 valence electrons. The molecule has 1 aliphatic heterocycles. The number of ether oxygens (including phenoxy) is 1. The molecule has 1 fully saturated rings. The van der Waals surface area contributed by atoms with E-state index in [1.807, 2.05) is 13.0 Å². The summed E-state index contributed by atoms with van der Waals surface area (Å²) in [5, 5.41) is 14.7. The molecule has 9 nitrogen and oxygen atoms in total. The van der Waals surface area contributed by atoms with E-state index in [0.717, 1.165) is 5.56 Å². The third-order valence-electron chi connectivity index (χ3n) is 4.98. The number of rotatable bonds is 5. The van der Waals surface area contributed by atoms with Crippen LogP contribution in [-0.4, -0.2) is 59.4 Å². The van der Waals surface area contributed by atoms with Crippen LogP contribution in [0.2, 0.25) is 5.02 Å². The van der Waals surface area contributed by atoms with Crippen LogP contribution in [0.4, 0.5) is 16.2 Å². The first-order valence-corrected chi connectivity index (χ1v) is 10.2. The lowest BCUT2D eigenvalue weighted by Crippen LogP contribution is -2.51. The quantitative estimate of drug-likeness (QED) is 0.553. The van der Waals surface area contributed by atoms with Crippen LogP contribution in [0.15, 0.2) is 36.4 Å². The number of nitrogens with one attached hydrogen (secondary N) is 1. The number of anilines is 1. The lowest BCUT2D eigenvalue weighted by atomic mass is 10.1. The van der Waals surface area contributed by atoms with E-state index in [1.165, 1.54) is 18.2 Å². The highest BCUT2D eigenvalue weighted by molar-refractivity contribution is 6.31. The second kappa shape index (κ2) is 9.65. The third kappa shape index (κ3) is 5.24. The van der Waals surface area contributed by atoms with Gasteiger partial charge in [-0.1, -0.05) is 17.7 Å². The van der Waals surface area contributed by atoms with Gasteiger partial charge in [0.2, 0.25) is 0 Å². The number of amides is 3. The molecule has 1 aliphatic rings. The number of halogens is 1. The zero-order valence-electron chi connectivity index (χ0n) is 17.3. The van der Waals surface area contributed by atoms with Gasteiger partial charge >= 0.3 is 11.7 Å². The highest BCUT2D eigenvalue weighted by atomic mass is 35.5. The highest BCUT2D eigenvalue weighted by Crippen LogP contribution is 2.28. The number of hydrogen-bond acceptors (Lipinski definition) is 5. The maximum atomic E-state index is 12.8. The topological polar surface area (TPSA) is 105 Å². The number of benzene rings is 2. The number of urea groups is 1. The van der Waals surface area contributed by atoms with E-state index in [1.54, 1.807) is 28.9 Å². The number of nitrogens with zero attached hydrogens (tertiary/aromatic N) is 3. The molecule has 2 aromatic carbocycles. The molecule has 0 radical (unpaired) electrons. The van der Waals surface area contributed by atoms with Gasteiger partial charge in [0.05, 0.1) is 11.5 Å². The molecule has 1 saturated heterocycles. The summed E-state index contributed by atoms with van der Waals surface area (Å²) in [6, 6.07) is 9.19. The van der Waals surface area contributed by atoms with Gasteiger partial charge < -0.3 is 19.9 Å². The first-order chi connectivity index (χ1) is 14.8. The van der Waals surface area contributed by atoms with Crippen molar-refractivity contribution in [1.29, 1.82) is 0 Å². The van der Waals surface area contributed by atoms with Crippen LogP contribution in [0.5, 0.6) is 5.75 Å². The number of piperazine rings is 1. The van der Waals surface area contributed by atoms with Crippen LogP contribution in [-0.2, 0) is 0 Å². The first kappa shape index (κ1) is 22.4. The van der Waals surface area contributed by atoms with Crippen molar-refractivity contribution >= 4 is 34.9 Å². The van der Waals surface area contributed by atoms with Crippen molar-refractivity contribution in [3.63, 3.8) is 0 Å². The van der Waals surface area contributed by atoms with Gasteiger partial charge in [-0.3, -0.25) is 14.9 Å². The van der Waals surface area contributed by atoms with Crippen LogP contribution in [0.1, 0.15) is 22.8 Å². The predicted molar refractivity (Wildman–Crippen MR) is 117 cm³/mol. The molecule has 0 aliphatic carbocycles. The normalized spacial score (nSPS) is 13.6. The van der Waals surface area contributed by atoms with Gasteiger partial charge in [0.25, 0.3) is 5.91 Å². The average molecular weight is 447 g/mol. The molecule has 10 heteroatoms. The molecule has 0 unspecified atom stereocenters. The lowest BCUT2D eigenvalue weighted by Gasteiger charge is -2.34. The Hall–Kier alpha value is -3.33. The molecule has 1 N–H and O–H groups in total. The Morgan fingerprint density at radius 1 is 1.13 bits per heavy atom. The van der Waals surface area contributed by atoms with Crippen LogP contribution < -0.4 is 10.1 Å². The van der Waals surface area contributed by atoms with Crippen molar-refractivity contribution in [3.8, 4) is 5.75 Å². The zero-order valence-corrected chi connectivity index (χ0v) is 18.0. The van der Waals surface area contributed by atoms with Gasteiger partial charge in [-0.15, -0.1) is 0 Å². The summed E-state index contributed by atoms with van der Waals surface area (Å²) in [5.41, 5.74) is 1.48. The molecular weight excluding hydrogens is 424 g/mol. The highest BCUT2D eigenvalue weighted by Gasteiger charge is 2.27. The Morgan fingerprint density at radius 3 is 2.42 bits per heavy atom. The van der Waals surface area contributed by atoms with Crippen molar-refractivity contribution in [1.82, 2.24) is 9.80 Å². The van der Waals surface area contributed by atoms with Gasteiger partial charge in [0.15, 0.2) is 5.75 Å². The Labute approximate surface area is 184 Å². The van der Waals surface area contributed by atoms with E-state index >= 15 is 0 Å². The van der Waals surface area contributed by atoms with E-state index in [2.05, 4.69) is 5.32 Å². The third-order valence-corrected chi connectivity index (χ3v) is 5.39. The Bertz CT molecular complexity index is 1010. The van der Waals surface area contributed by atoms with Crippen LogP contribution in [0.25, 0.3) is 0 Å². The second-order valence-electron chi connectivity index (χ2n) is 7.05. The molecule has 2 aromatic rings. The number of carbonyl (C=O) groups is 2.